The number of nitro benzene ring substituents is 2. The molecule has 0 bridgehead atoms. The first-order valence-corrected chi connectivity index (χ1v) is 13.0. The Labute approximate surface area is 224 Å². The monoisotopic (exact) mass is 516 g/mol. The normalized spacial score (nSPS) is 12.4. The van der Waals surface area contributed by atoms with Crippen LogP contribution in [0.3, 0.4) is 0 Å². The number of hydrogen-bond donors (Lipinski definition) is 0. The van der Waals surface area contributed by atoms with E-state index in [1.165, 1.54) is 5.39 Å². The maximum atomic E-state index is 11.5. The van der Waals surface area contributed by atoms with Crippen LogP contribution in [0.5, 0.6) is 0 Å². The van der Waals surface area contributed by atoms with Crippen molar-refractivity contribution in [1.82, 2.24) is 0 Å². The lowest BCUT2D eigenvalue weighted by molar-refractivity contribution is -0.384. The zero-order valence-electron chi connectivity index (χ0n) is 20.8. The molecule has 40 heavy (non-hydrogen) atoms. The molecule has 0 saturated heterocycles. The maximum absolute atomic E-state index is 11.5. The van der Waals surface area contributed by atoms with Crippen molar-refractivity contribution in [1.29, 1.82) is 0 Å². The number of fused-ring (bicyclic) bond motifs is 10. The molecule has 6 nitrogen and oxygen atoms in total. The van der Waals surface area contributed by atoms with Gasteiger partial charge < -0.3 is 0 Å². The predicted molar refractivity (Wildman–Crippen MR) is 162 cm³/mol. The van der Waals surface area contributed by atoms with Crippen LogP contribution in [0.25, 0.3) is 86.2 Å². The van der Waals surface area contributed by atoms with Crippen molar-refractivity contribution in [2.45, 2.75) is 0 Å². The Morgan fingerprint density at radius 2 is 0.825 bits per heavy atom. The first-order valence-electron chi connectivity index (χ1n) is 13.0. The van der Waals surface area contributed by atoms with Crippen molar-refractivity contribution in [3.8, 4) is 0 Å². The van der Waals surface area contributed by atoms with Crippen LogP contribution >= 0.6 is 0 Å². The highest BCUT2D eigenvalue weighted by atomic mass is 16.6. The SMILES string of the molecule is O=[N+]([O-])c1ccc2cc3c(cc2c1)c1cccc2c4cc5c6ccc([N+](=O)[O-])cc6c6cccc(c4cc3c12)c65. The third-order valence-corrected chi connectivity index (χ3v) is 8.66. The molecule has 0 aromatic heterocycles. The van der Waals surface area contributed by atoms with Crippen LogP contribution in [0.1, 0.15) is 0 Å². The average molecular weight is 517 g/mol. The van der Waals surface area contributed by atoms with E-state index in [0.29, 0.717) is 0 Å². The van der Waals surface area contributed by atoms with Crippen LogP contribution in [0.2, 0.25) is 0 Å². The highest BCUT2D eigenvalue weighted by Crippen LogP contribution is 2.48. The van der Waals surface area contributed by atoms with Crippen LogP contribution in [0.15, 0.2) is 97.1 Å². The number of non-ortho nitro benzene ring substituents is 2. The van der Waals surface area contributed by atoms with Crippen molar-refractivity contribution in [3.05, 3.63) is 117 Å². The number of nitrogens with zero attached hydrogens (tertiary/aromatic N) is 2. The van der Waals surface area contributed by atoms with Gasteiger partial charge in [-0.25, -0.2) is 0 Å². The molecule has 6 heteroatoms. The maximum Gasteiger partial charge on any atom is 0.270 e. The predicted octanol–water partition coefficient (Wildman–Crippen LogP) is 9.60. The van der Waals surface area contributed by atoms with E-state index in [4.69, 9.17) is 0 Å². The summed E-state index contributed by atoms with van der Waals surface area (Å²) in [5.41, 5.74) is 0.177. The molecule has 0 amide bonds. The molecule has 0 aliphatic carbocycles. The van der Waals surface area contributed by atoms with Gasteiger partial charge in [-0.15, -0.1) is 0 Å². The molecule has 0 saturated carbocycles. The molecular formula is C34H16N2O4. The molecule has 0 heterocycles. The third kappa shape index (κ3) is 2.52. The summed E-state index contributed by atoms with van der Waals surface area (Å²) in [6.07, 6.45) is 0. The standard InChI is InChI=1S/C34H16N2O4/c37-35(38)19-8-7-17-12-27-26(13-18(17)11-19)22-3-1-6-25-29-15-31-21-10-9-20(36(39)40)14-28(21)23-4-2-5-24(33(23)31)30(29)16-32(27)34(22)25/h1-16H. The van der Waals surface area contributed by atoms with Crippen LogP contribution in [-0.2, 0) is 0 Å². The van der Waals surface area contributed by atoms with E-state index in [2.05, 4.69) is 48.5 Å². The first kappa shape index (κ1) is 21.3. The molecular weight excluding hydrogens is 500 g/mol. The second kappa shape index (κ2) is 7.07. The van der Waals surface area contributed by atoms with Gasteiger partial charge in [-0.05, 0) is 123 Å². The van der Waals surface area contributed by atoms with Gasteiger partial charge in [-0.3, -0.25) is 20.2 Å². The minimum atomic E-state index is -0.355. The van der Waals surface area contributed by atoms with Gasteiger partial charge in [-0.2, -0.15) is 0 Å². The second-order valence-electron chi connectivity index (χ2n) is 10.6. The number of benzene rings is 7. The summed E-state index contributed by atoms with van der Waals surface area (Å²) in [7, 11) is 0. The lowest BCUT2D eigenvalue weighted by Gasteiger charge is -2.10. The number of hydrogen-bond acceptors (Lipinski definition) is 4. The van der Waals surface area contributed by atoms with Crippen molar-refractivity contribution in [3.63, 3.8) is 0 Å². The molecule has 9 aromatic carbocycles. The third-order valence-electron chi connectivity index (χ3n) is 8.66. The van der Waals surface area contributed by atoms with Gasteiger partial charge in [0.25, 0.3) is 11.4 Å². The molecule has 0 aliphatic heterocycles. The summed E-state index contributed by atoms with van der Waals surface area (Å²) >= 11 is 0. The van der Waals surface area contributed by atoms with E-state index >= 15 is 0 Å². The van der Waals surface area contributed by atoms with Gasteiger partial charge in [0.2, 0.25) is 0 Å². The van der Waals surface area contributed by atoms with Gasteiger partial charge in [0, 0.05) is 24.3 Å². The molecule has 186 valence electrons. The zero-order valence-corrected chi connectivity index (χ0v) is 20.8. The molecule has 0 spiro atoms. The van der Waals surface area contributed by atoms with E-state index in [9.17, 15) is 20.2 Å². The Bertz CT molecular complexity index is 2600. The fourth-order valence-corrected chi connectivity index (χ4v) is 6.99. The van der Waals surface area contributed by atoms with Crippen molar-refractivity contribution in [2.24, 2.45) is 0 Å². The zero-order chi connectivity index (χ0) is 26.9. The van der Waals surface area contributed by atoms with Crippen LogP contribution in [-0.4, -0.2) is 9.85 Å². The molecule has 0 unspecified atom stereocenters. The molecule has 0 radical (unpaired) electrons. The Morgan fingerprint density at radius 1 is 0.375 bits per heavy atom. The lowest BCUT2D eigenvalue weighted by Crippen LogP contribution is -1.87. The summed E-state index contributed by atoms with van der Waals surface area (Å²) in [5.74, 6) is 0. The van der Waals surface area contributed by atoms with Gasteiger partial charge in [0.05, 0.1) is 9.85 Å². The molecule has 0 aliphatic rings. The smallest absolute Gasteiger partial charge is 0.258 e. The molecule has 9 aromatic rings. The van der Waals surface area contributed by atoms with Crippen LogP contribution in [0, 0.1) is 20.2 Å². The van der Waals surface area contributed by atoms with Gasteiger partial charge >= 0.3 is 0 Å². The Kier molecular flexibility index (Phi) is 3.77. The molecule has 0 N–H and O–H groups in total. The number of rotatable bonds is 2. The number of nitro groups is 2. The summed E-state index contributed by atoms with van der Waals surface area (Å²) in [4.78, 5) is 22.2. The van der Waals surface area contributed by atoms with Gasteiger partial charge in [0.1, 0.15) is 0 Å². The van der Waals surface area contributed by atoms with Crippen molar-refractivity contribution >= 4 is 97.6 Å². The quantitative estimate of drug-likeness (QED) is 0.130. The van der Waals surface area contributed by atoms with E-state index < -0.39 is 0 Å². The highest BCUT2D eigenvalue weighted by Gasteiger charge is 2.20. The minimum absolute atomic E-state index is 0.0850. The van der Waals surface area contributed by atoms with E-state index in [1.807, 2.05) is 24.3 Å². The summed E-state index contributed by atoms with van der Waals surface area (Å²) in [5, 5.41) is 40.1. The second-order valence-corrected chi connectivity index (χ2v) is 10.6. The molecule has 0 fully saturated rings. The fraction of sp³-hybridized carbons (Fsp3) is 0. The summed E-state index contributed by atoms with van der Waals surface area (Å²) in [6.45, 7) is 0. The lowest BCUT2D eigenvalue weighted by atomic mass is 9.93. The molecule has 0 atom stereocenters. The Morgan fingerprint density at radius 3 is 1.43 bits per heavy atom. The van der Waals surface area contributed by atoms with Crippen molar-refractivity contribution < 1.29 is 9.85 Å². The van der Waals surface area contributed by atoms with E-state index in [-0.39, 0.29) is 21.2 Å². The van der Waals surface area contributed by atoms with E-state index in [1.54, 1.807) is 24.3 Å². The Balaban J connectivity index is 1.48. The summed E-state index contributed by atoms with van der Waals surface area (Å²) in [6, 6.07) is 31.5. The highest BCUT2D eigenvalue weighted by molar-refractivity contribution is 6.41. The minimum Gasteiger partial charge on any atom is -0.258 e. The average Bonchev–Trinajstić information content (AvgIpc) is 3.45. The van der Waals surface area contributed by atoms with Gasteiger partial charge in [-0.1, -0.05) is 36.4 Å². The fourth-order valence-electron chi connectivity index (χ4n) is 6.99. The van der Waals surface area contributed by atoms with Crippen molar-refractivity contribution in [2.75, 3.05) is 0 Å². The Hall–Kier alpha value is -5.62. The molecule has 9 rings (SSSR count). The van der Waals surface area contributed by atoms with Crippen LogP contribution < -0.4 is 0 Å². The largest absolute Gasteiger partial charge is 0.270 e. The van der Waals surface area contributed by atoms with E-state index in [0.717, 1.165) is 80.8 Å². The first-order chi connectivity index (χ1) is 19.5. The topological polar surface area (TPSA) is 86.3 Å². The summed E-state index contributed by atoms with van der Waals surface area (Å²) < 4.78 is 0. The van der Waals surface area contributed by atoms with Crippen LogP contribution in [0.4, 0.5) is 11.4 Å². The van der Waals surface area contributed by atoms with Gasteiger partial charge in [0.15, 0.2) is 0 Å².